The summed E-state index contributed by atoms with van der Waals surface area (Å²) in [6.45, 7) is 1.25. The molecule has 5 heteroatoms. The van der Waals surface area contributed by atoms with Crippen molar-refractivity contribution in [2.75, 3.05) is 20.3 Å². The molecule has 1 aliphatic heterocycles. The first-order valence-electron chi connectivity index (χ1n) is 7.31. The van der Waals surface area contributed by atoms with Crippen LogP contribution in [0, 0.1) is 0 Å². The summed E-state index contributed by atoms with van der Waals surface area (Å²) in [6, 6.07) is 3.61. The van der Waals surface area contributed by atoms with Gasteiger partial charge in [0.2, 0.25) is 0 Å². The van der Waals surface area contributed by atoms with Crippen molar-refractivity contribution >= 4 is 21.7 Å². The highest BCUT2D eigenvalue weighted by molar-refractivity contribution is 9.10. The lowest BCUT2D eigenvalue weighted by atomic mass is 9.76. The van der Waals surface area contributed by atoms with Gasteiger partial charge in [-0.3, -0.25) is 4.79 Å². The smallest absolute Gasteiger partial charge is 0.167 e. The molecular formula is C16H19BrO4. The molecule has 0 atom stereocenters. The summed E-state index contributed by atoms with van der Waals surface area (Å²) in [5.74, 6) is 1.43. The predicted molar refractivity (Wildman–Crippen MR) is 82.3 cm³/mol. The molecule has 2 aliphatic rings. The minimum absolute atomic E-state index is 0.0825. The third kappa shape index (κ3) is 2.94. The van der Waals surface area contributed by atoms with E-state index in [4.69, 9.17) is 14.2 Å². The topological polar surface area (TPSA) is 44.8 Å². The number of ketones is 1. The second kappa shape index (κ2) is 5.97. The molecule has 114 valence electrons. The van der Waals surface area contributed by atoms with Crippen LogP contribution in [-0.4, -0.2) is 31.7 Å². The van der Waals surface area contributed by atoms with Gasteiger partial charge in [0.1, 0.15) is 0 Å². The molecule has 0 aromatic heterocycles. The largest absolute Gasteiger partial charge is 0.490 e. The molecule has 1 heterocycles. The highest BCUT2D eigenvalue weighted by Crippen LogP contribution is 2.41. The number of Topliss-reactive ketones (excluding diaryl/α,β-unsaturated/α-hetero) is 1. The van der Waals surface area contributed by atoms with Crippen molar-refractivity contribution in [1.29, 1.82) is 0 Å². The van der Waals surface area contributed by atoms with E-state index in [2.05, 4.69) is 15.9 Å². The van der Waals surface area contributed by atoms with Crippen molar-refractivity contribution in [1.82, 2.24) is 0 Å². The van der Waals surface area contributed by atoms with Crippen LogP contribution < -0.4 is 9.47 Å². The molecule has 4 nitrogen and oxygen atoms in total. The molecule has 1 aromatic rings. The summed E-state index contributed by atoms with van der Waals surface area (Å²) in [7, 11) is 1.69. The lowest BCUT2D eigenvalue weighted by Crippen LogP contribution is -2.41. The SMILES string of the molecule is COC1(CC(=O)c2cc3c(cc2Br)OCCCO3)CCC1. The lowest BCUT2D eigenvalue weighted by molar-refractivity contribution is -0.0705. The van der Waals surface area contributed by atoms with Crippen molar-refractivity contribution in [3.8, 4) is 11.5 Å². The van der Waals surface area contributed by atoms with Crippen LogP contribution in [-0.2, 0) is 4.74 Å². The normalized spacial score (nSPS) is 19.5. The number of fused-ring (bicyclic) bond motifs is 1. The van der Waals surface area contributed by atoms with E-state index in [0.717, 1.165) is 30.2 Å². The fourth-order valence-corrected chi connectivity index (χ4v) is 3.35. The Morgan fingerprint density at radius 1 is 1.24 bits per heavy atom. The Hall–Kier alpha value is -1.07. The molecule has 0 unspecified atom stereocenters. The summed E-state index contributed by atoms with van der Waals surface area (Å²) in [4.78, 5) is 12.6. The maximum atomic E-state index is 12.6. The second-order valence-electron chi connectivity index (χ2n) is 5.67. The number of hydrogen-bond acceptors (Lipinski definition) is 4. The van der Waals surface area contributed by atoms with E-state index < -0.39 is 0 Å². The minimum atomic E-state index is -0.263. The fraction of sp³-hybridized carbons (Fsp3) is 0.562. The summed E-state index contributed by atoms with van der Waals surface area (Å²) in [5.41, 5.74) is 0.378. The Kier molecular flexibility index (Phi) is 4.22. The summed E-state index contributed by atoms with van der Waals surface area (Å²) >= 11 is 3.47. The first kappa shape index (κ1) is 14.9. The van der Waals surface area contributed by atoms with E-state index in [1.165, 1.54) is 0 Å². The summed E-state index contributed by atoms with van der Waals surface area (Å²) in [5, 5.41) is 0. The van der Waals surface area contributed by atoms with Crippen LogP contribution in [0.15, 0.2) is 16.6 Å². The highest BCUT2D eigenvalue weighted by Gasteiger charge is 2.39. The highest BCUT2D eigenvalue weighted by atomic mass is 79.9. The van der Waals surface area contributed by atoms with Gasteiger partial charge in [-0.2, -0.15) is 0 Å². The molecule has 0 radical (unpaired) electrons. The second-order valence-corrected chi connectivity index (χ2v) is 6.52. The van der Waals surface area contributed by atoms with E-state index in [1.54, 1.807) is 13.2 Å². The molecule has 1 aromatic carbocycles. The average Bonchev–Trinajstić information content (AvgIpc) is 2.66. The Balaban J connectivity index is 1.84. The van der Waals surface area contributed by atoms with Gasteiger partial charge in [-0.25, -0.2) is 0 Å². The number of benzene rings is 1. The van der Waals surface area contributed by atoms with E-state index in [-0.39, 0.29) is 11.4 Å². The zero-order chi connectivity index (χ0) is 14.9. The maximum Gasteiger partial charge on any atom is 0.167 e. The molecule has 0 amide bonds. The van der Waals surface area contributed by atoms with Crippen LogP contribution in [0.25, 0.3) is 0 Å². The first-order valence-corrected chi connectivity index (χ1v) is 8.10. The van der Waals surface area contributed by atoms with Gasteiger partial charge in [0.15, 0.2) is 17.3 Å². The third-order valence-electron chi connectivity index (χ3n) is 4.32. The van der Waals surface area contributed by atoms with Gasteiger partial charge < -0.3 is 14.2 Å². The summed E-state index contributed by atoms with van der Waals surface area (Å²) in [6.07, 6.45) is 4.31. The van der Waals surface area contributed by atoms with Gasteiger partial charge in [-0.15, -0.1) is 0 Å². The quantitative estimate of drug-likeness (QED) is 0.772. The molecule has 0 bridgehead atoms. The standard InChI is InChI=1S/C16H19BrO4/c1-19-16(4-2-5-16)10-13(18)11-8-14-15(9-12(11)17)21-7-3-6-20-14/h8-9H,2-7,10H2,1H3. The number of ether oxygens (including phenoxy) is 3. The number of carbonyl (C=O) groups is 1. The zero-order valence-electron chi connectivity index (χ0n) is 12.1. The first-order chi connectivity index (χ1) is 10.1. The van der Waals surface area contributed by atoms with Crippen molar-refractivity contribution in [3.05, 3.63) is 22.2 Å². The molecule has 3 rings (SSSR count). The van der Waals surface area contributed by atoms with Crippen LogP contribution in [0.4, 0.5) is 0 Å². The van der Waals surface area contributed by atoms with Gasteiger partial charge >= 0.3 is 0 Å². The average molecular weight is 355 g/mol. The number of hydrogen-bond donors (Lipinski definition) is 0. The molecule has 1 saturated carbocycles. The van der Waals surface area contributed by atoms with E-state index in [1.807, 2.05) is 6.07 Å². The Labute approximate surface area is 132 Å². The van der Waals surface area contributed by atoms with Crippen LogP contribution in [0.2, 0.25) is 0 Å². The number of carbonyl (C=O) groups excluding carboxylic acids is 1. The number of rotatable bonds is 4. The van der Waals surface area contributed by atoms with E-state index >= 15 is 0 Å². The van der Waals surface area contributed by atoms with Gasteiger partial charge in [0.05, 0.1) is 18.8 Å². The van der Waals surface area contributed by atoms with Crippen LogP contribution >= 0.6 is 15.9 Å². The molecule has 1 aliphatic carbocycles. The van der Waals surface area contributed by atoms with Gasteiger partial charge in [-0.05, 0) is 47.3 Å². The molecule has 21 heavy (non-hydrogen) atoms. The van der Waals surface area contributed by atoms with Crippen LogP contribution in [0.5, 0.6) is 11.5 Å². The van der Waals surface area contributed by atoms with E-state index in [0.29, 0.717) is 36.7 Å². The Bertz CT molecular complexity index is 546. The van der Waals surface area contributed by atoms with Crippen LogP contribution in [0.3, 0.4) is 0 Å². The van der Waals surface area contributed by atoms with Crippen molar-refractivity contribution in [2.45, 2.75) is 37.7 Å². The summed E-state index contributed by atoms with van der Waals surface area (Å²) < 4.78 is 17.6. The van der Waals surface area contributed by atoms with Crippen molar-refractivity contribution in [3.63, 3.8) is 0 Å². The lowest BCUT2D eigenvalue weighted by Gasteiger charge is -2.40. The zero-order valence-corrected chi connectivity index (χ0v) is 13.7. The number of methoxy groups -OCH3 is 1. The number of halogens is 1. The van der Waals surface area contributed by atoms with Crippen LogP contribution in [0.1, 0.15) is 42.5 Å². The Morgan fingerprint density at radius 3 is 2.48 bits per heavy atom. The van der Waals surface area contributed by atoms with Crippen molar-refractivity contribution < 1.29 is 19.0 Å². The van der Waals surface area contributed by atoms with Gasteiger partial charge in [0.25, 0.3) is 0 Å². The maximum absolute atomic E-state index is 12.6. The predicted octanol–water partition coefficient (Wildman–Crippen LogP) is 3.75. The molecule has 1 fully saturated rings. The van der Waals surface area contributed by atoms with Gasteiger partial charge in [-0.1, -0.05) is 0 Å². The van der Waals surface area contributed by atoms with Gasteiger partial charge in [0, 0.05) is 30.0 Å². The monoisotopic (exact) mass is 354 g/mol. The molecular weight excluding hydrogens is 336 g/mol. The third-order valence-corrected chi connectivity index (χ3v) is 4.97. The minimum Gasteiger partial charge on any atom is -0.490 e. The molecule has 0 N–H and O–H groups in total. The van der Waals surface area contributed by atoms with Crippen molar-refractivity contribution in [2.24, 2.45) is 0 Å². The molecule has 0 saturated heterocycles. The molecule has 0 spiro atoms. The Morgan fingerprint density at radius 2 is 1.90 bits per heavy atom. The van der Waals surface area contributed by atoms with E-state index in [9.17, 15) is 4.79 Å². The fourth-order valence-electron chi connectivity index (χ4n) is 2.81.